The quantitative estimate of drug-likeness (QED) is 0.806. The first-order valence-corrected chi connectivity index (χ1v) is 7.36. The van der Waals surface area contributed by atoms with Gasteiger partial charge < -0.3 is 9.52 Å². The molecule has 0 radical (unpaired) electrons. The van der Waals surface area contributed by atoms with Crippen molar-refractivity contribution in [3.8, 4) is 11.1 Å². The Balaban J connectivity index is 1.79. The fourth-order valence-electron chi connectivity index (χ4n) is 2.77. The smallest absolute Gasteiger partial charge is 0.408 e. The average molecular weight is 296 g/mol. The number of aromatic nitrogens is 2. The molecule has 5 nitrogen and oxygen atoms in total. The number of aliphatic hydroxyl groups is 1. The zero-order chi connectivity index (χ0) is 15.3. The molecule has 0 bridgehead atoms. The predicted octanol–water partition coefficient (Wildman–Crippen LogP) is 2.64. The van der Waals surface area contributed by atoms with E-state index in [2.05, 4.69) is 4.98 Å². The molecule has 0 amide bonds. The summed E-state index contributed by atoms with van der Waals surface area (Å²) >= 11 is 0. The fraction of sp³-hybridized carbons (Fsp3) is 0.294. The van der Waals surface area contributed by atoms with E-state index in [0.717, 1.165) is 35.0 Å². The number of pyridine rings is 1. The summed E-state index contributed by atoms with van der Waals surface area (Å²) in [5.41, 5.74) is 4.03. The molecule has 0 saturated heterocycles. The summed E-state index contributed by atoms with van der Waals surface area (Å²) in [6, 6.07) is 7.56. The topological polar surface area (TPSA) is 68.3 Å². The lowest BCUT2D eigenvalue weighted by atomic mass is 10.0. The number of benzene rings is 1. The van der Waals surface area contributed by atoms with Gasteiger partial charge in [0.15, 0.2) is 5.58 Å². The molecule has 0 aliphatic heterocycles. The maximum atomic E-state index is 11.6. The molecule has 2 heterocycles. The van der Waals surface area contributed by atoms with E-state index >= 15 is 0 Å². The summed E-state index contributed by atoms with van der Waals surface area (Å²) in [5, 5.41) is 10.3. The average Bonchev–Trinajstić information content (AvgIpc) is 3.35. The molecular formula is C17H16N2O3. The van der Waals surface area contributed by atoms with Gasteiger partial charge in [-0.25, -0.2) is 4.79 Å². The minimum atomic E-state index is -0.436. The van der Waals surface area contributed by atoms with Gasteiger partial charge in [0.2, 0.25) is 0 Å². The molecule has 112 valence electrons. The highest BCUT2D eigenvalue weighted by atomic mass is 16.4. The van der Waals surface area contributed by atoms with Crippen molar-refractivity contribution >= 4 is 11.1 Å². The molecule has 1 aliphatic carbocycles. The number of aliphatic hydroxyl groups excluding tert-OH is 1. The molecule has 1 N–H and O–H groups in total. The number of hydrogen-bond donors (Lipinski definition) is 1. The van der Waals surface area contributed by atoms with Gasteiger partial charge in [0, 0.05) is 25.0 Å². The first-order valence-electron chi connectivity index (χ1n) is 7.36. The number of nitrogens with zero attached hydrogens (tertiary/aromatic N) is 2. The maximum Gasteiger partial charge on any atom is 0.419 e. The van der Waals surface area contributed by atoms with Crippen LogP contribution in [0.1, 0.15) is 24.5 Å². The molecule has 0 spiro atoms. The molecule has 1 aliphatic rings. The standard InChI is InChI=1S/C17H16N2O3/c1-19-14-7-11(4-5-15(14)22-17(19)21)12-6-13(9-18-8-12)16(20)10-2-3-10/h4-10,16,20H,2-3H2,1H3. The van der Waals surface area contributed by atoms with Crippen molar-refractivity contribution in [2.45, 2.75) is 18.9 Å². The second-order valence-corrected chi connectivity index (χ2v) is 5.90. The van der Waals surface area contributed by atoms with Gasteiger partial charge >= 0.3 is 5.76 Å². The summed E-state index contributed by atoms with van der Waals surface area (Å²) in [7, 11) is 1.68. The predicted molar refractivity (Wildman–Crippen MR) is 82.4 cm³/mol. The van der Waals surface area contributed by atoms with Gasteiger partial charge in [-0.1, -0.05) is 6.07 Å². The van der Waals surface area contributed by atoms with Crippen molar-refractivity contribution in [1.29, 1.82) is 0 Å². The van der Waals surface area contributed by atoms with Gasteiger partial charge in [0.1, 0.15) is 0 Å². The van der Waals surface area contributed by atoms with Gasteiger partial charge in [-0.2, -0.15) is 0 Å². The lowest BCUT2D eigenvalue weighted by molar-refractivity contribution is 0.153. The molecule has 22 heavy (non-hydrogen) atoms. The van der Waals surface area contributed by atoms with E-state index in [-0.39, 0.29) is 5.76 Å². The van der Waals surface area contributed by atoms with Crippen LogP contribution in [0.5, 0.6) is 0 Å². The molecule has 1 atom stereocenters. The molecule has 5 heteroatoms. The second-order valence-electron chi connectivity index (χ2n) is 5.90. The molecule has 3 aromatic rings. The van der Waals surface area contributed by atoms with Gasteiger partial charge in [-0.15, -0.1) is 0 Å². The SMILES string of the molecule is Cn1c(=O)oc2ccc(-c3cncc(C(O)C4CC4)c3)cc21. The van der Waals surface area contributed by atoms with E-state index in [0.29, 0.717) is 11.5 Å². The van der Waals surface area contributed by atoms with E-state index in [4.69, 9.17) is 4.42 Å². The van der Waals surface area contributed by atoms with E-state index in [1.807, 2.05) is 18.2 Å². The van der Waals surface area contributed by atoms with Crippen molar-refractivity contribution < 1.29 is 9.52 Å². The summed E-state index contributed by atoms with van der Waals surface area (Å²) in [5.74, 6) is -0.00240. The van der Waals surface area contributed by atoms with Crippen LogP contribution in [0.25, 0.3) is 22.2 Å². The van der Waals surface area contributed by atoms with Crippen LogP contribution in [0.3, 0.4) is 0 Å². The van der Waals surface area contributed by atoms with Gasteiger partial charge in [-0.05, 0) is 48.1 Å². The number of fused-ring (bicyclic) bond motifs is 1. The van der Waals surface area contributed by atoms with Crippen molar-refractivity contribution in [2.75, 3.05) is 0 Å². The third-order valence-electron chi connectivity index (χ3n) is 4.29. The zero-order valence-corrected chi connectivity index (χ0v) is 12.2. The summed E-state index contributed by atoms with van der Waals surface area (Å²) in [6.45, 7) is 0. The van der Waals surface area contributed by atoms with Crippen LogP contribution in [0.2, 0.25) is 0 Å². The Bertz CT molecular complexity index is 906. The number of aryl methyl sites for hydroxylation is 1. The Kier molecular flexibility index (Phi) is 2.90. The van der Waals surface area contributed by atoms with E-state index in [1.165, 1.54) is 4.57 Å². The third-order valence-corrected chi connectivity index (χ3v) is 4.29. The summed E-state index contributed by atoms with van der Waals surface area (Å²) in [4.78, 5) is 15.8. The highest BCUT2D eigenvalue weighted by Crippen LogP contribution is 2.41. The van der Waals surface area contributed by atoms with Crippen LogP contribution in [-0.4, -0.2) is 14.7 Å². The maximum absolute atomic E-state index is 11.6. The summed E-state index contributed by atoms with van der Waals surface area (Å²) < 4.78 is 6.62. The fourth-order valence-corrected chi connectivity index (χ4v) is 2.77. The molecule has 1 unspecified atom stereocenters. The van der Waals surface area contributed by atoms with Gasteiger partial charge in [0.25, 0.3) is 0 Å². The monoisotopic (exact) mass is 296 g/mol. The molecule has 2 aromatic heterocycles. The minimum Gasteiger partial charge on any atom is -0.408 e. The van der Waals surface area contributed by atoms with Crippen LogP contribution in [-0.2, 0) is 7.05 Å². The molecule has 4 rings (SSSR count). The molecule has 1 fully saturated rings. The Morgan fingerprint density at radius 2 is 2.09 bits per heavy atom. The second kappa shape index (κ2) is 4.81. The Hall–Kier alpha value is -2.40. The van der Waals surface area contributed by atoms with Crippen LogP contribution < -0.4 is 5.76 Å². The largest absolute Gasteiger partial charge is 0.419 e. The van der Waals surface area contributed by atoms with E-state index < -0.39 is 6.10 Å². The van der Waals surface area contributed by atoms with Crippen molar-refractivity contribution in [3.63, 3.8) is 0 Å². The van der Waals surface area contributed by atoms with E-state index in [9.17, 15) is 9.90 Å². The normalized spacial score (nSPS) is 16.1. The Morgan fingerprint density at radius 3 is 2.86 bits per heavy atom. The lowest BCUT2D eigenvalue weighted by Crippen LogP contribution is -2.08. The van der Waals surface area contributed by atoms with Gasteiger partial charge in [-0.3, -0.25) is 9.55 Å². The van der Waals surface area contributed by atoms with Crippen molar-refractivity contribution in [3.05, 3.63) is 52.8 Å². The first kappa shape index (κ1) is 13.3. The van der Waals surface area contributed by atoms with Crippen LogP contribution >= 0.6 is 0 Å². The van der Waals surface area contributed by atoms with Crippen molar-refractivity contribution in [2.24, 2.45) is 13.0 Å². The molecule has 1 aromatic carbocycles. The lowest BCUT2D eigenvalue weighted by Gasteiger charge is -2.10. The first-order chi connectivity index (χ1) is 10.6. The number of hydrogen-bond acceptors (Lipinski definition) is 4. The van der Waals surface area contributed by atoms with Crippen molar-refractivity contribution in [1.82, 2.24) is 9.55 Å². The highest BCUT2D eigenvalue weighted by Gasteiger charge is 2.31. The number of rotatable bonds is 3. The molecular weight excluding hydrogens is 280 g/mol. The highest BCUT2D eigenvalue weighted by molar-refractivity contribution is 5.80. The van der Waals surface area contributed by atoms with Crippen LogP contribution in [0, 0.1) is 5.92 Å². The third kappa shape index (κ3) is 2.14. The van der Waals surface area contributed by atoms with Crippen LogP contribution in [0.15, 0.2) is 45.9 Å². The Morgan fingerprint density at radius 1 is 1.27 bits per heavy atom. The molecule has 1 saturated carbocycles. The zero-order valence-electron chi connectivity index (χ0n) is 12.2. The minimum absolute atomic E-state index is 0.370. The van der Waals surface area contributed by atoms with E-state index in [1.54, 1.807) is 25.5 Å². The number of oxazole rings is 1. The van der Waals surface area contributed by atoms with Crippen LogP contribution in [0.4, 0.5) is 0 Å². The Labute approximate surface area is 126 Å². The van der Waals surface area contributed by atoms with Gasteiger partial charge in [0.05, 0.1) is 11.6 Å². The summed E-state index contributed by atoms with van der Waals surface area (Å²) in [6.07, 6.45) is 5.21.